The standard InChI is InChI=1S/C12H15ClN4/c1-8(14-3)12-9(2)17(16-15-12)11-6-4-10(13)5-7-11/h4-8,14H,1-3H3. The van der Waals surface area contributed by atoms with E-state index >= 15 is 0 Å². The Bertz CT molecular complexity index is 504. The Hall–Kier alpha value is -1.39. The molecule has 0 aliphatic heterocycles. The van der Waals surface area contributed by atoms with Gasteiger partial charge in [0.25, 0.3) is 0 Å². The molecule has 0 amide bonds. The highest BCUT2D eigenvalue weighted by Gasteiger charge is 2.14. The highest BCUT2D eigenvalue weighted by Crippen LogP contribution is 2.18. The fourth-order valence-electron chi connectivity index (χ4n) is 1.71. The molecule has 1 atom stereocenters. The van der Waals surface area contributed by atoms with Crippen molar-refractivity contribution in [3.05, 3.63) is 40.7 Å². The maximum Gasteiger partial charge on any atom is 0.103 e. The van der Waals surface area contributed by atoms with E-state index in [1.165, 1.54) is 0 Å². The summed E-state index contributed by atoms with van der Waals surface area (Å²) in [6.45, 7) is 4.07. The van der Waals surface area contributed by atoms with Crippen LogP contribution in [-0.2, 0) is 0 Å². The number of rotatable bonds is 3. The number of benzene rings is 1. The minimum Gasteiger partial charge on any atom is -0.312 e. The lowest BCUT2D eigenvalue weighted by Crippen LogP contribution is -2.14. The molecule has 4 nitrogen and oxygen atoms in total. The molecule has 0 saturated carbocycles. The van der Waals surface area contributed by atoms with Crippen LogP contribution in [0, 0.1) is 6.92 Å². The molecule has 0 saturated heterocycles. The van der Waals surface area contributed by atoms with Gasteiger partial charge in [0.2, 0.25) is 0 Å². The van der Waals surface area contributed by atoms with Crippen molar-refractivity contribution >= 4 is 11.6 Å². The molecule has 1 aromatic heterocycles. The topological polar surface area (TPSA) is 42.7 Å². The van der Waals surface area contributed by atoms with Crippen molar-refractivity contribution in [2.45, 2.75) is 19.9 Å². The predicted octanol–water partition coefficient (Wildman–Crippen LogP) is 2.51. The smallest absolute Gasteiger partial charge is 0.103 e. The van der Waals surface area contributed by atoms with E-state index in [9.17, 15) is 0 Å². The highest BCUT2D eigenvalue weighted by atomic mass is 35.5. The quantitative estimate of drug-likeness (QED) is 0.910. The van der Waals surface area contributed by atoms with Crippen LogP contribution in [-0.4, -0.2) is 22.0 Å². The Kier molecular flexibility index (Phi) is 3.45. The largest absolute Gasteiger partial charge is 0.312 e. The Morgan fingerprint density at radius 1 is 1.29 bits per heavy atom. The average Bonchev–Trinajstić information content (AvgIpc) is 2.71. The van der Waals surface area contributed by atoms with Gasteiger partial charge in [-0.2, -0.15) is 0 Å². The zero-order valence-corrected chi connectivity index (χ0v) is 10.9. The summed E-state index contributed by atoms with van der Waals surface area (Å²) < 4.78 is 1.82. The van der Waals surface area contributed by atoms with E-state index in [2.05, 4.69) is 22.6 Å². The van der Waals surface area contributed by atoms with Crippen molar-refractivity contribution < 1.29 is 0 Å². The molecule has 1 heterocycles. The highest BCUT2D eigenvalue weighted by molar-refractivity contribution is 6.30. The van der Waals surface area contributed by atoms with Gasteiger partial charge in [0.1, 0.15) is 5.69 Å². The van der Waals surface area contributed by atoms with Gasteiger partial charge in [-0.05, 0) is 45.2 Å². The second-order valence-corrected chi connectivity index (χ2v) is 4.40. The summed E-state index contributed by atoms with van der Waals surface area (Å²) >= 11 is 5.86. The maximum absolute atomic E-state index is 5.86. The minimum atomic E-state index is 0.191. The van der Waals surface area contributed by atoms with Crippen LogP contribution in [0.5, 0.6) is 0 Å². The zero-order valence-electron chi connectivity index (χ0n) is 10.1. The lowest BCUT2D eigenvalue weighted by atomic mass is 10.2. The summed E-state index contributed by atoms with van der Waals surface area (Å²) in [4.78, 5) is 0. The predicted molar refractivity (Wildman–Crippen MR) is 68.6 cm³/mol. The molecule has 90 valence electrons. The molecular weight excluding hydrogens is 236 g/mol. The van der Waals surface area contributed by atoms with Crippen LogP contribution in [0.2, 0.25) is 5.02 Å². The summed E-state index contributed by atoms with van der Waals surface area (Å²) in [6.07, 6.45) is 0. The molecule has 2 rings (SSSR count). The summed E-state index contributed by atoms with van der Waals surface area (Å²) in [7, 11) is 1.91. The molecular formula is C12H15ClN4. The molecule has 1 aromatic carbocycles. The van der Waals surface area contributed by atoms with Crippen molar-refractivity contribution in [2.75, 3.05) is 7.05 Å². The third kappa shape index (κ3) is 2.33. The number of nitrogens with one attached hydrogen (secondary N) is 1. The molecule has 0 spiro atoms. The molecule has 1 unspecified atom stereocenters. The molecule has 0 radical (unpaired) electrons. The van der Waals surface area contributed by atoms with Gasteiger partial charge in [-0.3, -0.25) is 0 Å². The van der Waals surface area contributed by atoms with Crippen LogP contribution in [0.3, 0.4) is 0 Å². The molecule has 0 bridgehead atoms. The molecule has 0 fully saturated rings. The first-order chi connectivity index (χ1) is 8.13. The Morgan fingerprint density at radius 3 is 2.53 bits per heavy atom. The first kappa shape index (κ1) is 12.1. The molecule has 17 heavy (non-hydrogen) atoms. The number of hydrogen-bond acceptors (Lipinski definition) is 3. The van der Waals surface area contributed by atoms with E-state index in [0.29, 0.717) is 0 Å². The van der Waals surface area contributed by atoms with Gasteiger partial charge in [-0.25, -0.2) is 4.68 Å². The number of hydrogen-bond donors (Lipinski definition) is 1. The molecule has 1 N–H and O–H groups in total. The summed E-state index contributed by atoms with van der Waals surface area (Å²) in [6, 6.07) is 7.74. The fraction of sp³-hybridized carbons (Fsp3) is 0.333. The van der Waals surface area contributed by atoms with E-state index in [4.69, 9.17) is 11.6 Å². The van der Waals surface area contributed by atoms with Gasteiger partial charge in [-0.1, -0.05) is 16.8 Å². The molecule has 0 aliphatic carbocycles. The van der Waals surface area contributed by atoms with Gasteiger partial charge >= 0.3 is 0 Å². The number of halogens is 1. The second-order valence-electron chi connectivity index (χ2n) is 3.96. The summed E-state index contributed by atoms with van der Waals surface area (Å²) in [5, 5.41) is 12.2. The van der Waals surface area contributed by atoms with Crippen molar-refractivity contribution in [3.8, 4) is 5.69 Å². The average molecular weight is 251 g/mol. The van der Waals surface area contributed by atoms with E-state index in [-0.39, 0.29) is 6.04 Å². The zero-order chi connectivity index (χ0) is 12.4. The van der Waals surface area contributed by atoms with Crippen molar-refractivity contribution in [2.24, 2.45) is 0 Å². The van der Waals surface area contributed by atoms with Crippen LogP contribution in [0.15, 0.2) is 24.3 Å². The molecule has 0 aliphatic rings. The van der Waals surface area contributed by atoms with Crippen LogP contribution in [0.4, 0.5) is 0 Å². The van der Waals surface area contributed by atoms with Crippen LogP contribution < -0.4 is 5.32 Å². The summed E-state index contributed by atoms with van der Waals surface area (Å²) in [5.41, 5.74) is 2.96. The van der Waals surface area contributed by atoms with Crippen LogP contribution in [0.1, 0.15) is 24.4 Å². The van der Waals surface area contributed by atoms with Gasteiger partial charge in [0.15, 0.2) is 0 Å². The van der Waals surface area contributed by atoms with E-state index in [1.807, 2.05) is 42.9 Å². The maximum atomic E-state index is 5.86. The Morgan fingerprint density at radius 2 is 1.94 bits per heavy atom. The molecule has 5 heteroatoms. The SMILES string of the molecule is CNC(C)c1nnn(-c2ccc(Cl)cc2)c1C. The molecule has 2 aromatic rings. The Balaban J connectivity index is 2.40. The Labute approximate surface area is 106 Å². The lowest BCUT2D eigenvalue weighted by Gasteiger charge is -2.08. The monoisotopic (exact) mass is 250 g/mol. The van der Waals surface area contributed by atoms with Gasteiger partial charge in [-0.15, -0.1) is 5.10 Å². The summed E-state index contributed by atoms with van der Waals surface area (Å²) in [5.74, 6) is 0. The second kappa shape index (κ2) is 4.85. The number of aromatic nitrogens is 3. The lowest BCUT2D eigenvalue weighted by molar-refractivity contribution is 0.627. The van der Waals surface area contributed by atoms with Crippen LogP contribution in [0.25, 0.3) is 5.69 Å². The van der Waals surface area contributed by atoms with Crippen molar-refractivity contribution in [1.29, 1.82) is 0 Å². The minimum absolute atomic E-state index is 0.191. The van der Waals surface area contributed by atoms with E-state index in [1.54, 1.807) is 0 Å². The van der Waals surface area contributed by atoms with Gasteiger partial charge in [0, 0.05) is 5.02 Å². The van der Waals surface area contributed by atoms with Crippen LogP contribution >= 0.6 is 11.6 Å². The van der Waals surface area contributed by atoms with Gasteiger partial charge in [0.05, 0.1) is 17.4 Å². The van der Waals surface area contributed by atoms with E-state index < -0.39 is 0 Å². The van der Waals surface area contributed by atoms with E-state index in [0.717, 1.165) is 22.1 Å². The van der Waals surface area contributed by atoms with Gasteiger partial charge < -0.3 is 5.32 Å². The first-order valence-electron chi connectivity index (χ1n) is 5.49. The van der Waals surface area contributed by atoms with Crippen molar-refractivity contribution in [1.82, 2.24) is 20.3 Å². The third-order valence-electron chi connectivity index (χ3n) is 2.84. The fourth-order valence-corrected chi connectivity index (χ4v) is 1.83. The normalized spacial score (nSPS) is 12.7. The number of nitrogens with zero attached hydrogens (tertiary/aromatic N) is 3. The van der Waals surface area contributed by atoms with Crippen molar-refractivity contribution in [3.63, 3.8) is 0 Å². The third-order valence-corrected chi connectivity index (χ3v) is 3.10. The first-order valence-corrected chi connectivity index (χ1v) is 5.86.